The fourth-order valence-electron chi connectivity index (χ4n) is 3.79. The number of fused-ring (bicyclic) bond motifs is 3. The zero-order chi connectivity index (χ0) is 19.6. The first-order chi connectivity index (χ1) is 14.3. The molecule has 7 nitrogen and oxygen atoms in total. The largest absolute Gasteiger partial charge is 0.497 e. The summed E-state index contributed by atoms with van der Waals surface area (Å²) in [5, 5.41) is 12.8. The molecule has 0 saturated carbocycles. The molecular weight excluding hydrogens is 366 g/mol. The molecule has 0 radical (unpaired) electrons. The van der Waals surface area contributed by atoms with Gasteiger partial charge in [-0.15, -0.1) is 0 Å². The summed E-state index contributed by atoms with van der Waals surface area (Å²) in [6, 6.07) is 14.4. The lowest BCUT2D eigenvalue weighted by Gasteiger charge is -2.26. The minimum atomic E-state index is 0.763. The van der Waals surface area contributed by atoms with Crippen LogP contribution in [0, 0.1) is 0 Å². The molecule has 1 aliphatic rings. The van der Waals surface area contributed by atoms with E-state index in [-0.39, 0.29) is 0 Å². The second-order valence-corrected chi connectivity index (χ2v) is 7.22. The number of pyridine rings is 1. The van der Waals surface area contributed by atoms with E-state index in [2.05, 4.69) is 44.7 Å². The van der Waals surface area contributed by atoms with E-state index >= 15 is 0 Å². The lowest BCUT2D eigenvalue weighted by atomic mass is 10.1. The number of anilines is 2. The second kappa shape index (κ2) is 7.69. The van der Waals surface area contributed by atoms with Crippen molar-refractivity contribution in [3.05, 3.63) is 54.2 Å². The molecule has 0 atom stereocenters. The van der Waals surface area contributed by atoms with E-state index in [4.69, 9.17) is 14.5 Å². The molecular formula is C22H23N5O2. The fourth-order valence-corrected chi connectivity index (χ4v) is 3.79. The molecule has 1 aliphatic heterocycles. The van der Waals surface area contributed by atoms with Gasteiger partial charge in [0, 0.05) is 36.1 Å². The molecule has 3 heterocycles. The van der Waals surface area contributed by atoms with Gasteiger partial charge in [-0.25, -0.2) is 4.98 Å². The Morgan fingerprint density at radius 2 is 2.03 bits per heavy atom. The highest BCUT2D eigenvalue weighted by Gasteiger charge is 2.13. The van der Waals surface area contributed by atoms with Gasteiger partial charge >= 0.3 is 0 Å². The lowest BCUT2D eigenvalue weighted by Crippen LogP contribution is -2.35. The van der Waals surface area contributed by atoms with E-state index in [1.165, 1.54) is 5.56 Å². The monoisotopic (exact) mass is 389 g/mol. The van der Waals surface area contributed by atoms with E-state index in [9.17, 15) is 0 Å². The molecule has 5 rings (SSSR count). The third-order valence-electron chi connectivity index (χ3n) is 5.30. The van der Waals surface area contributed by atoms with Gasteiger partial charge in [0.05, 0.1) is 32.0 Å². The van der Waals surface area contributed by atoms with Gasteiger partial charge in [-0.2, -0.15) is 5.10 Å². The predicted molar refractivity (Wildman–Crippen MR) is 114 cm³/mol. The zero-order valence-corrected chi connectivity index (χ0v) is 16.3. The van der Waals surface area contributed by atoms with Crippen LogP contribution in [0.2, 0.25) is 0 Å². The normalized spacial score (nSPS) is 15.1. The molecule has 0 bridgehead atoms. The van der Waals surface area contributed by atoms with Crippen molar-refractivity contribution in [2.75, 3.05) is 38.7 Å². The van der Waals surface area contributed by atoms with Gasteiger partial charge in [-0.1, -0.05) is 12.1 Å². The number of hydrogen-bond donors (Lipinski definition) is 2. The first-order valence-corrected chi connectivity index (χ1v) is 9.77. The molecule has 4 aromatic rings. The SMILES string of the molecule is COc1ccc2nc(Nc3cccc(CN4CCOCC4)c3)c3[nH]ncc3c2c1. The smallest absolute Gasteiger partial charge is 0.157 e. The molecule has 0 amide bonds. The van der Waals surface area contributed by atoms with Crippen LogP contribution in [-0.4, -0.2) is 53.5 Å². The summed E-state index contributed by atoms with van der Waals surface area (Å²) in [6.07, 6.45) is 1.83. The maximum atomic E-state index is 5.44. The third kappa shape index (κ3) is 3.62. The van der Waals surface area contributed by atoms with Crippen molar-refractivity contribution in [2.45, 2.75) is 6.54 Å². The number of hydrogen-bond acceptors (Lipinski definition) is 6. The number of nitrogens with zero attached hydrogens (tertiary/aromatic N) is 3. The van der Waals surface area contributed by atoms with E-state index in [1.54, 1.807) is 7.11 Å². The average Bonchev–Trinajstić information content (AvgIpc) is 3.25. The Kier molecular flexibility index (Phi) is 4.75. The van der Waals surface area contributed by atoms with Gasteiger partial charge in [-0.05, 0) is 35.9 Å². The van der Waals surface area contributed by atoms with E-state index < -0.39 is 0 Å². The van der Waals surface area contributed by atoms with Crippen LogP contribution >= 0.6 is 0 Å². The lowest BCUT2D eigenvalue weighted by molar-refractivity contribution is 0.0342. The Morgan fingerprint density at radius 1 is 1.14 bits per heavy atom. The molecule has 1 saturated heterocycles. The number of H-pyrrole nitrogens is 1. The van der Waals surface area contributed by atoms with Crippen molar-refractivity contribution in [1.82, 2.24) is 20.1 Å². The van der Waals surface area contributed by atoms with Gasteiger partial charge in [-0.3, -0.25) is 10.00 Å². The van der Waals surface area contributed by atoms with Gasteiger partial charge in [0.15, 0.2) is 5.82 Å². The molecule has 2 aromatic heterocycles. The summed E-state index contributed by atoms with van der Waals surface area (Å²) in [4.78, 5) is 7.24. The van der Waals surface area contributed by atoms with Crippen LogP contribution < -0.4 is 10.1 Å². The summed E-state index contributed by atoms with van der Waals surface area (Å²) in [5.41, 5.74) is 4.05. The van der Waals surface area contributed by atoms with E-state index in [0.717, 1.165) is 71.9 Å². The Hall–Kier alpha value is -3.16. The Bertz CT molecular complexity index is 1150. The Morgan fingerprint density at radius 3 is 2.90 bits per heavy atom. The van der Waals surface area contributed by atoms with Crippen molar-refractivity contribution >= 4 is 33.3 Å². The first kappa shape index (κ1) is 17.9. The van der Waals surface area contributed by atoms with E-state index in [0.29, 0.717) is 0 Å². The number of nitrogens with one attached hydrogen (secondary N) is 2. The summed E-state index contributed by atoms with van der Waals surface area (Å²) in [5.74, 6) is 1.57. The number of aromatic nitrogens is 3. The maximum Gasteiger partial charge on any atom is 0.157 e. The number of aromatic amines is 1. The van der Waals surface area contributed by atoms with Crippen LogP contribution in [0.25, 0.3) is 21.8 Å². The fraction of sp³-hybridized carbons (Fsp3) is 0.273. The average molecular weight is 389 g/mol. The number of methoxy groups -OCH3 is 1. The first-order valence-electron chi connectivity index (χ1n) is 9.77. The molecule has 2 aromatic carbocycles. The van der Waals surface area contributed by atoms with Crippen molar-refractivity contribution in [3.63, 3.8) is 0 Å². The van der Waals surface area contributed by atoms with E-state index in [1.807, 2.05) is 24.4 Å². The molecule has 148 valence electrons. The number of benzene rings is 2. The van der Waals surface area contributed by atoms with Crippen LogP contribution in [0.3, 0.4) is 0 Å². The van der Waals surface area contributed by atoms with Crippen molar-refractivity contribution in [1.29, 1.82) is 0 Å². The second-order valence-electron chi connectivity index (χ2n) is 7.22. The minimum Gasteiger partial charge on any atom is -0.497 e. The Balaban J connectivity index is 1.46. The summed E-state index contributed by atoms with van der Waals surface area (Å²) in [7, 11) is 1.67. The highest BCUT2D eigenvalue weighted by atomic mass is 16.5. The van der Waals surface area contributed by atoms with Crippen LogP contribution in [0.4, 0.5) is 11.5 Å². The number of rotatable bonds is 5. The molecule has 0 unspecified atom stereocenters. The predicted octanol–water partition coefficient (Wildman–Crippen LogP) is 3.70. The molecule has 1 fully saturated rings. The molecule has 0 aliphatic carbocycles. The standard InChI is InChI=1S/C22H23N5O2/c1-28-17-5-6-20-18(12-17)19-13-23-26-21(19)22(25-20)24-16-4-2-3-15(11-16)14-27-7-9-29-10-8-27/h2-6,11-13H,7-10,14H2,1H3,(H,23,26)(H,24,25). The van der Waals surface area contributed by atoms with Gasteiger partial charge in [0.2, 0.25) is 0 Å². The summed E-state index contributed by atoms with van der Waals surface area (Å²) >= 11 is 0. The third-order valence-corrected chi connectivity index (χ3v) is 5.30. The molecule has 7 heteroatoms. The van der Waals surface area contributed by atoms with Crippen LogP contribution in [0.5, 0.6) is 5.75 Å². The highest BCUT2D eigenvalue weighted by Crippen LogP contribution is 2.31. The summed E-state index contributed by atoms with van der Waals surface area (Å²) < 4.78 is 10.8. The summed E-state index contributed by atoms with van der Waals surface area (Å²) in [6.45, 7) is 4.48. The number of morpholine rings is 1. The zero-order valence-electron chi connectivity index (χ0n) is 16.3. The van der Waals surface area contributed by atoms with Crippen LogP contribution in [0.15, 0.2) is 48.7 Å². The minimum absolute atomic E-state index is 0.763. The molecule has 29 heavy (non-hydrogen) atoms. The van der Waals surface area contributed by atoms with Gasteiger partial charge < -0.3 is 14.8 Å². The van der Waals surface area contributed by atoms with Gasteiger partial charge in [0.1, 0.15) is 11.3 Å². The van der Waals surface area contributed by atoms with Crippen molar-refractivity contribution in [3.8, 4) is 5.75 Å². The Labute approximate surface area is 168 Å². The van der Waals surface area contributed by atoms with Crippen molar-refractivity contribution in [2.24, 2.45) is 0 Å². The maximum absolute atomic E-state index is 5.44. The topological polar surface area (TPSA) is 75.3 Å². The molecule has 2 N–H and O–H groups in total. The van der Waals surface area contributed by atoms with Crippen LogP contribution in [-0.2, 0) is 11.3 Å². The number of ether oxygens (including phenoxy) is 2. The van der Waals surface area contributed by atoms with Crippen molar-refractivity contribution < 1.29 is 9.47 Å². The quantitative estimate of drug-likeness (QED) is 0.542. The van der Waals surface area contributed by atoms with Gasteiger partial charge in [0.25, 0.3) is 0 Å². The highest BCUT2D eigenvalue weighted by molar-refractivity contribution is 6.09. The molecule has 0 spiro atoms. The van der Waals surface area contributed by atoms with Crippen LogP contribution in [0.1, 0.15) is 5.56 Å².